The van der Waals surface area contributed by atoms with E-state index in [0.29, 0.717) is 17.4 Å². The first-order valence-corrected chi connectivity index (χ1v) is 7.69. The minimum atomic E-state index is 0.396. The predicted octanol–water partition coefficient (Wildman–Crippen LogP) is 2.34. The Balaban J connectivity index is 1.62. The highest BCUT2D eigenvalue weighted by Gasteiger charge is 2.23. The molecule has 2 aromatic heterocycles. The Labute approximate surface area is 130 Å². The molecule has 6 heteroatoms. The van der Waals surface area contributed by atoms with Crippen molar-refractivity contribution in [2.45, 2.75) is 39.2 Å². The lowest BCUT2D eigenvalue weighted by Gasteiger charge is -2.25. The molecule has 1 unspecified atom stereocenters. The second kappa shape index (κ2) is 6.14. The van der Waals surface area contributed by atoms with E-state index in [1.54, 1.807) is 12.3 Å². The Morgan fingerprint density at radius 3 is 2.95 bits per heavy atom. The molecule has 114 valence electrons. The van der Waals surface area contributed by atoms with Crippen molar-refractivity contribution in [2.24, 2.45) is 5.92 Å². The molecular formula is C16H20N6. The number of nitrogens with zero attached hydrogens (tertiary/aromatic N) is 5. The Morgan fingerprint density at radius 2 is 2.27 bits per heavy atom. The minimum absolute atomic E-state index is 0.396. The molecule has 1 N–H and O–H groups in total. The molecule has 1 atom stereocenters. The molecule has 0 bridgehead atoms. The number of aromatic nitrogens is 4. The molecule has 0 saturated heterocycles. The molecule has 1 aliphatic rings. The van der Waals surface area contributed by atoms with Gasteiger partial charge in [0.2, 0.25) is 0 Å². The molecule has 1 aliphatic heterocycles. The summed E-state index contributed by atoms with van der Waals surface area (Å²) in [5.74, 6) is 3.94. The largest absolute Gasteiger partial charge is 0.370 e. The zero-order valence-electron chi connectivity index (χ0n) is 13.0. The van der Waals surface area contributed by atoms with Gasteiger partial charge in [0, 0.05) is 31.6 Å². The van der Waals surface area contributed by atoms with Crippen LogP contribution in [0.2, 0.25) is 0 Å². The van der Waals surface area contributed by atoms with E-state index in [4.69, 9.17) is 5.26 Å². The smallest absolute Gasteiger partial charge is 0.135 e. The van der Waals surface area contributed by atoms with E-state index in [9.17, 15) is 0 Å². The van der Waals surface area contributed by atoms with E-state index in [1.807, 2.05) is 6.07 Å². The second-order valence-electron chi connectivity index (χ2n) is 6.07. The topological polar surface area (TPSA) is 79.4 Å². The molecule has 0 spiro atoms. The maximum absolute atomic E-state index is 8.78. The first-order chi connectivity index (χ1) is 10.7. The highest BCUT2D eigenvalue weighted by molar-refractivity contribution is 5.38. The van der Waals surface area contributed by atoms with Gasteiger partial charge < -0.3 is 9.88 Å². The number of rotatable bonds is 4. The lowest BCUT2D eigenvalue weighted by atomic mass is 9.98. The van der Waals surface area contributed by atoms with Crippen LogP contribution >= 0.6 is 0 Å². The lowest BCUT2D eigenvalue weighted by Crippen LogP contribution is -2.27. The zero-order valence-corrected chi connectivity index (χ0v) is 13.0. The highest BCUT2D eigenvalue weighted by atomic mass is 15.3. The third kappa shape index (κ3) is 2.93. The Bertz CT molecular complexity index is 680. The van der Waals surface area contributed by atoms with E-state index < -0.39 is 0 Å². The molecule has 22 heavy (non-hydrogen) atoms. The SMILES string of the molecule is CC(C)c1nnc2n1CC(CNc1ccc(C#N)cn1)CC2. The lowest BCUT2D eigenvalue weighted by molar-refractivity contribution is 0.371. The summed E-state index contributed by atoms with van der Waals surface area (Å²) in [6.07, 6.45) is 3.68. The van der Waals surface area contributed by atoms with Gasteiger partial charge in [0.15, 0.2) is 0 Å². The highest BCUT2D eigenvalue weighted by Crippen LogP contribution is 2.23. The first kappa shape index (κ1) is 14.5. The number of fused-ring (bicyclic) bond motifs is 1. The van der Waals surface area contributed by atoms with Gasteiger partial charge in [0.25, 0.3) is 0 Å². The van der Waals surface area contributed by atoms with Crippen LogP contribution in [0.1, 0.15) is 43.4 Å². The van der Waals surface area contributed by atoms with Crippen molar-refractivity contribution in [3.05, 3.63) is 35.5 Å². The molecule has 3 heterocycles. The number of aryl methyl sites for hydroxylation is 1. The summed E-state index contributed by atoms with van der Waals surface area (Å²) in [7, 11) is 0. The fourth-order valence-electron chi connectivity index (χ4n) is 2.82. The molecule has 0 aliphatic carbocycles. The number of pyridine rings is 1. The van der Waals surface area contributed by atoms with Gasteiger partial charge in [-0.2, -0.15) is 5.26 Å². The summed E-state index contributed by atoms with van der Waals surface area (Å²) in [6, 6.07) is 5.71. The second-order valence-corrected chi connectivity index (χ2v) is 6.07. The summed E-state index contributed by atoms with van der Waals surface area (Å²) in [5.41, 5.74) is 0.582. The average Bonchev–Trinajstić information content (AvgIpc) is 2.96. The van der Waals surface area contributed by atoms with Crippen molar-refractivity contribution < 1.29 is 0 Å². The maximum atomic E-state index is 8.78. The van der Waals surface area contributed by atoms with Crippen LogP contribution in [-0.4, -0.2) is 26.3 Å². The molecule has 6 nitrogen and oxygen atoms in total. The standard InChI is InChI=1S/C16H20N6/c1-11(2)16-21-20-15-6-4-13(10-22(15)16)9-19-14-5-3-12(7-17)8-18-14/h3,5,8,11,13H,4,6,9-10H2,1-2H3,(H,18,19). The van der Waals surface area contributed by atoms with Gasteiger partial charge in [-0.3, -0.25) is 0 Å². The van der Waals surface area contributed by atoms with Gasteiger partial charge >= 0.3 is 0 Å². The molecule has 0 amide bonds. The number of nitriles is 1. The summed E-state index contributed by atoms with van der Waals surface area (Å²) < 4.78 is 2.27. The minimum Gasteiger partial charge on any atom is -0.370 e. The third-order valence-corrected chi connectivity index (χ3v) is 4.05. The summed E-state index contributed by atoms with van der Waals surface area (Å²) in [4.78, 5) is 4.25. The van der Waals surface area contributed by atoms with Gasteiger partial charge in [-0.1, -0.05) is 13.8 Å². The summed E-state index contributed by atoms with van der Waals surface area (Å²) in [5, 5.41) is 20.8. The summed E-state index contributed by atoms with van der Waals surface area (Å²) in [6.45, 7) is 6.13. The van der Waals surface area contributed by atoms with Crippen LogP contribution in [0, 0.1) is 17.2 Å². The van der Waals surface area contributed by atoms with Crippen LogP contribution in [-0.2, 0) is 13.0 Å². The molecule has 0 radical (unpaired) electrons. The van der Waals surface area contributed by atoms with Gasteiger partial charge in [-0.15, -0.1) is 10.2 Å². The van der Waals surface area contributed by atoms with Gasteiger partial charge in [-0.25, -0.2) is 4.98 Å². The van der Waals surface area contributed by atoms with Crippen LogP contribution in [0.25, 0.3) is 0 Å². The summed E-state index contributed by atoms with van der Waals surface area (Å²) >= 11 is 0. The van der Waals surface area contributed by atoms with Crippen LogP contribution in [0.4, 0.5) is 5.82 Å². The fraction of sp³-hybridized carbons (Fsp3) is 0.500. The van der Waals surface area contributed by atoms with Crippen molar-refractivity contribution in [2.75, 3.05) is 11.9 Å². The number of anilines is 1. The van der Waals surface area contributed by atoms with Crippen molar-refractivity contribution in [1.82, 2.24) is 19.7 Å². The van der Waals surface area contributed by atoms with Gasteiger partial charge in [0.1, 0.15) is 23.5 Å². The number of hydrogen-bond donors (Lipinski definition) is 1. The number of nitrogens with one attached hydrogen (secondary N) is 1. The monoisotopic (exact) mass is 296 g/mol. The van der Waals surface area contributed by atoms with E-state index in [2.05, 4.69) is 45.0 Å². The molecule has 0 saturated carbocycles. The third-order valence-electron chi connectivity index (χ3n) is 4.05. The maximum Gasteiger partial charge on any atom is 0.135 e. The van der Waals surface area contributed by atoms with E-state index >= 15 is 0 Å². The zero-order chi connectivity index (χ0) is 15.5. The quantitative estimate of drug-likeness (QED) is 0.936. The van der Waals surface area contributed by atoms with Crippen LogP contribution in [0.5, 0.6) is 0 Å². The number of hydrogen-bond acceptors (Lipinski definition) is 5. The van der Waals surface area contributed by atoms with Crippen molar-refractivity contribution in [3.63, 3.8) is 0 Å². The Kier molecular flexibility index (Phi) is 4.05. The Morgan fingerprint density at radius 1 is 1.41 bits per heavy atom. The normalized spacial score (nSPS) is 17.1. The molecule has 0 fully saturated rings. The van der Waals surface area contributed by atoms with Crippen molar-refractivity contribution >= 4 is 5.82 Å². The van der Waals surface area contributed by atoms with Crippen molar-refractivity contribution in [1.29, 1.82) is 5.26 Å². The van der Waals surface area contributed by atoms with Crippen LogP contribution < -0.4 is 5.32 Å². The van der Waals surface area contributed by atoms with E-state index in [1.165, 1.54) is 0 Å². The molecule has 3 rings (SSSR count). The van der Waals surface area contributed by atoms with Crippen LogP contribution in [0.3, 0.4) is 0 Å². The fourth-order valence-corrected chi connectivity index (χ4v) is 2.82. The molecular weight excluding hydrogens is 276 g/mol. The van der Waals surface area contributed by atoms with E-state index in [-0.39, 0.29) is 0 Å². The van der Waals surface area contributed by atoms with E-state index in [0.717, 1.165) is 43.4 Å². The van der Waals surface area contributed by atoms with Gasteiger partial charge in [0.05, 0.1) is 5.56 Å². The predicted molar refractivity (Wildman–Crippen MR) is 83.4 cm³/mol. The Hall–Kier alpha value is -2.42. The molecule has 2 aromatic rings. The molecule has 0 aromatic carbocycles. The average molecular weight is 296 g/mol. The van der Waals surface area contributed by atoms with Crippen LogP contribution in [0.15, 0.2) is 18.3 Å². The van der Waals surface area contributed by atoms with Gasteiger partial charge in [-0.05, 0) is 24.5 Å². The first-order valence-electron chi connectivity index (χ1n) is 7.69. The van der Waals surface area contributed by atoms with Crippen molar-refractivity contribution in [3.8, 4) is 6.07 Å².